The van der Waals surface area contributed by atoms with E-state index in [1.807, 2.05) is 18.2 Å². The maximum Gasteiger partial charge on any atom is 0.188 e. The number of aliphatic imine (C=N–C) groups is 1. The molecule has 0 aliphatic carbocycles. The van der Waals surface area contributed by atoms with Crippen molar-refractivity contribution in [2.45, 2.75) is 26.3 Å². The first-order valence-corrected chi connectivity index (χ1v) is 8.59. The number of hydrogen-bond donors (Lipinski definition) is 2. The second-order valence-corrected chi connectivity index (χ2v) is 6.38. The number of methoxy groups -OCH3 is 2. The third-order valence-electron chi connectivity index (χ3n) is 4.28. The first-order valence-electron chi connectivity index (χ1n) is 8.59. The third-order valence-corrected chi connectivity index (χ3v) is 4.28. The summed E-state index contributed by atoms with van der Waals surface area (Å²) in [6.45, 7) is 7.18. The Bertz CT molecular complexity index is 548. The molecule has 1 aromatic rings. The number of nitrogens with two attached hydrogens (primary N) is 1. The molecular weight excluding hydrogens is 431 g/mol. The molecule has 6 nitrogen and oxygen atoms in total. The molecule has 1 aromatic carbocycles. The lowest BCUT2D eigenvalue weighted by Crippen LogP contribution is -2.38. The lowest BCUT2D eigenvalue weighted by Gasteiger charge is -2.20. The van der Waals surface area contributed by atoms with Gasteiger partial charge in [0.15, 0.2) is 17.5 Å². The molecule has 142 valence electrons. The van der Waals surface area contributed by atoms with Crippen LogP contribution in [0.4, 0.5) is 0 Å². The Balaban J connectivity index is 0.00000312. The molecule has 2 rings (SSSR count). The van der Waals surface area contributed by atoms with Gasteiger partial charge in [-0.05, 0) is 49.5 Å². The van der Waals surface area contributed by atoms with Gasteiger partial charge in [0, 0.05) is 13.1 Å². The van der Waals surface area contributed by atoms with Crippen LogP contribution in [0.15, 0.2) is 23.2 Å². The molecule has 0 radical (unpaired) electrons. The van der Waals surface area contributed by atoms with Crippen LogP contribution in [0.3, 0.4) is 0 Å². The molecule has 1 saturated heterocycles. The number of halogens is 1. The molecule has 0 bridgehead atoms. The number of nitrogens with zero attached hydrogens (tertiary/aromatic N) is 2. The molecule has 1 unspecified atom stereocenters. The van der Waals surface area contributed by atoms with E-state index in [2.05, 4.69) is 22.1 Å². The van der Waals surface area contributed by atoms with Crippen molar-refractivity contribution in [2.24, 2.45) is 16.6 Å². The number of likely N-dealkylation sites (tertiary alicyclic amines) is 1. The van der Waals surface area contributed by atoms with Crippen LogP contribution in [-0.4, -0.2) is 51.3 Å². The Kier molecular flexibility index (Phi) is 9.96. The van der Waals surface area contributed by atoms with E-state index in [1.54, 1.807) is 14.2 Å². The van der Waals surface area contributed by atoms with Crippen LogP contribution in [0.25, 0.3) is 0 Å². The molecule has 1 aliphatic heterocycles. The zero-order valence-corrected chi connectivity index (χ0v) is 17.8. The van der Waals surface area contributed by atoms with E-state index in [4.69, 9.17) is 15.2 Å². The van der Waals surface area contributed by atoms with Crippen molar-refractivity contribution >= 4 is 29.9 Å². The summed E-state index contributed by atoms with van der Waals surface area (Å²) in [6, 6.07) is 5.77. The van der Waals surface area contributed by atoms with Crippen molar-refractivity contribution in [3.63, 3.8) is 0 Å². The fourth-order valence-electron chi connectivity index (χ4n) is 2.96. The highest BCUT2D eigenvalue weighted by atomic mass is 127. The van der Waals surface area contributed by atoms with Crippen LogP contribution >= 0.6 is 24.0 Å². The maximum absolute atomic E-state index is 5.97. The van der Waals surface area contributed by atoms with E-state index < -0.39 is 0 Å². The van der Waals surface area contributed by atoms with Crippen molar-refractivity contribution in [2.75, 3.05) is 40.4 Å². The molecule has 7 heteroatoms. The molecular formula is C18H31IN4O2. The predicted molar refractivity (Wildman–Crippen MR) is 113 cm³/mol. The smallest absolute Gasteiger partial charge is 0.188 e. The van der Waals surface area contributed by atoms with Gasteiger partial charge in [-0.15, -0.1) is 24.0 Å². The van der Waals surface area contributed by atoms with E-state index in [1.165, 1.54) is 25.9 Å². The van der Waals surface area contributed by atoms with E-state index in [-0.39, 0.29) is 24.0 Å². The van der Waals surface area contributed by atoms with Crippen LogP contribution in [0, 0.1) is 5.92 Å². The summed E-state index contributed by atoms with van der Waals surface area (Å²) in [5.41, 5.74) is 7.00. The van der Waals surface area contributed by atoms with Gasteiger partial charge in [0.1, 0.15) is 0 Å². The Morgan fingerprint density at radius 1 is 1.24 bits per heavy atom. The topological polar surface area (TPSA) is 72.1 Å². The van der Waals surface area contributed by atoms with Crippen molar-refractivity contribution < 1.29 is 9.47 Å². The monoisotopic (exact) mass is 462 g/mol. The number of ether oxygens (including phenoxy) is 2. The molecule has 3 N–H and O–H groups in total. The van der Waals surface area contributed by atoms with Crippen molar-refractivity contribution in [1.82, 2.24) is 10.2 Å². The second-order valence-electron chi connectivity index (χ2n) is 6.38. The summed E-state index contributed by atoms with van der Waals surface area (Å²) in [4.78, 5) is 6.92. The average molecular weight is 462 g/mol. The normalized spacial score (nSPS) is 16.2. The molecule has 0 spiro atoms. The molecule has 0 amide bonds. The molecule has 1 fully saturated rings. The Labute approximate surface area is 168 Å². The second kappa shape index (κ2) is 11.4. The van der Waals surface area contributed by atoms with Crippen LogP contribution < -0.4 is 20.5 Å². The summed E-state index contributed by atoms with van der Waals surface area (Å²) in [5.74, 6) is 2.46. The highest BCUT2D eigenvalue weighted by Crippen LogP contribution is 2.27. The number of benzene rings is 1. The molecule has 0 aromatic heterocycles. The average Bonchev–Trinajstić information content (AvgIpc) is 3.10. The van der Waals surface area contributed by atoms with E-state index >= 15 is 0 Å². The van der Waals surface area contributed by atoms with Crippen molar-refractivity contribution in [1.29, 1.82) is 0 Å². The Hall–Kier alpha value is -1.22. The SMILES string of the molecule is COc1ccc(CN=C(N)NCC(C)CN2CCCC2)cc1OC.I. The predicted octanol–water partition coefficient (Wildman–Crippen LogP) is 2.46. The Morgan fingerprint density at radius 3 is 2.56 bits per heavy atom. The molecule has 1 aliphatic rings. The summed E-state index contributed by atoms with van der Waals surface area (Å²) in [5, 5.41) is 3.22. The van der Waals surface area contributed by atoms with Crippen LogP contribution in [0.1, 0.15) is 25.3 Å². The fraction of sp³-hybridized carbons (Fsp3) is 0.611. The summed E-state index contributed by atoms with van der Waals surface area (Å²) in [6.07, 6.45) is 2.66. The summed E-state index contributed by atoms with van der Waals surface area (Å²) >= 11 is 0. The molecule has 1 atom stereocenters. The summed E-state index contributed by atoms with van der Waals surface area (Å²) < 4.78 is 10.5. The molecule has 0 saturated carbocycles. The number of hydrogen-bond acceptors (Lipinski definition) is 4. The van der Waals surface area contributed by atoms with E-state index in [0.29, 0.717) is 29.9 Å². The Morgan fingerprint density at radius 2 is 1.92 bits per heavy atom. The van der Waals surface area contributed by atoms with Gasteiger partial charge in [0.05, 0.1) is 20.8 Å². The van der Waals surface area contributed by atoms with Gasteiger partial charge in [0.25, 0.3) is 0 Å². The zero-order chi connectivity index (χ0) is 17.4. The minimum Gasteiger partial charge on any atom is -0.493 e. The van der Waals surface area contributed by atoms with Gasteiger partial charge in [0.2, 0.25) is 0 Å². The lowest BCUT2D eigenvalue weighted by atomic mass is 10.1. The fourth-order valence-corrected chi connectivity index (χ4v) is 2.96. The standard InChI is InChI=1S/C18H30N4O2.HI/c1-14(13-22-8-4-5-9-22)11-20-18(19)21-12-15-6-7-16(23-2)17(10-15)24-3;/h6-7,10,14H,4-5,8-9,11-13H2,1-3H3,(H3,19,20,21);1H. The first-order chi connectivity index (χ1) is 11.6. The number of nitrogens with one attached hydrogen (secondary N) is 1. The lowest BCUT2D eigenvalue weighted by molar-refractivity contribution is 0.288. The maximum atomic E-state index is 5.97. The van der Waals surface area contributed by atoms with Crippen molar-refractivity contribution in [3.05, 3.63) is 23.8 Å². The van der Waals surface area contributed by atoms with Crippen molar-refractivity contribution in [3.8, 4) is 11.5 Å². The number of guanidine groups is 1. The highest BCUT2D eigenvalue weighted by molar-refractivity contribution is 14.0. The minimum absolute atomic E-state index is 0. The van der Waals surface area contributed by atoms with Gasteiger partial charge in [-0.25, -0.2) is 4.99 Å². The zero-order valence-electron chi connectivity index (χ0n) is 15.5. The highest BCUT2D eigenvalue weighted by Gasteiger charge is 2.14. The minimum atomic E-state index is 0. The third kappa shape index (κ3) is 7.27. The molecule has 25 heavy (non-hydrogen) atoms. The van der Waals surface area contributed by atoms with E-state index in [0.717, 1.165) is 18.7 Å². The van der Waals surface area contributed by atoms with Gasteiger partial charge in [-0.3, -0.25) is 0 Å². The van der Waals surface area contributed by atoms with Crippen LogP contribution in [-0.2, 0) is 6.54 Å². The largest absolute Gasteiger partial charge is 0.493 e. The summed E-state index contributed by atoms with van der Waals surface area (Å²) in [7, 11) is 3.25. The molecule has 1 heterocycles. The number of rotatable bonds is 8. The van der Waals surface area contributed by atoms with Gasteiger partial charge >= 0.3 is 0 Å². The van der Waals surface area contributed by atoms with Gasteiger partial charge < -0.3 is 25.4 Å². The van der Waals surface area contributed by atoms with Crippen LogP contribution in [0.5, 0.6) is 11.5 Å². The van der Waals surface area contributed by atoms with Gasteiger partial charge in [-0.2, -0.15) is 0 Å². The first kappa shape index (κ1) is 21.8. The van der Waals surface area contributed by atoms with Gasteiger partial charge in [-0.1, -0.05) is 13.0 Å². The van der Waals surface area contributed by atoms with Crippen LogP contribution in [0.2, 0.25) is 0 Å². The quantitative estimate of drug-likeness (QED) is 0.353. The van der Waals surface area contributed by atoms with E-state index in [9.17, 15) is 0 Å².